The van der Waals surface area contributed by atoms with Gasteiger partial charge in [-0.1, -0.05) is 127 Å². The third kappa shape index (κ3) is 5.66. The third-order valence-electron chi connectivity index (χ3n) is 12.1. The molecule has 1 aliphatic heterocycles. The first-order valence-corrected chi connectivity index (χ1v) is 20.3. The summed E-state index contributed by atoms with van der Waals surface area (Å²) in [5.74, 6) is 0.0950. The standard InChI is InChI=1S/C53H43N5/c54-29-28-42-33-40(38-27-26-36-14-4-5-15-37(36)30-38)35-55-53(56(42)41-16-2-1-3-17-41)39-31-43(57-49-22-10-6-18-45(49)46-19-7-11-23-50(46)57)34-44(32-39)58-51-24-12-8-20-47(51)48-21-9-13-25-52(48)58/h1-8,10-20,22-34,40,53,55H,9,21,35,54H2/b29-28-. The van der Waals surface area contributed by atoms with E-state index in [4.69, 9.17) is 5.73 Å². The number of para-hydroxylation sites is 4. The lowest BCUT2D eigenvalue weighted by Crippen LogP contribution is -2.37. The van der Waals surface area contributed by atoms with E-state index in [0.29, 0.717) is 0 Å². The van der Waals surface area contributed by atoms with Crippen LogP contribution in [0.4, 0.5) is 5.69 Å². The number of nitrogens with one attached hydrogen (secondary N) is 1. The molecule has 5 heteroatoms. The van der Waals surface area contributed by atoms with Crippen molar-refractivity contribution < 1.29 is 0 Å². The molecular formula is C53H43N5. The maximum atomic E-state index is 6.31. The van der Waals surface area contributed by atoms with E-state index in [1.54, 1.807) is 6.20 Å². The Kier molecular flexibility index (Phi) is 8.34. The van der Waals surface area contributed by atoms with E-state index in [-0.39, 0.29) is 12.1 Å². The van der Waals surface area contributed by atoms with E-state index in [1.165, 1.54) is 60.3 Å². The summed E-state index contributed by atoms with van der Waals surface area (Å²) in [5, 5.41) is 10.4. The van der Waals surface area contributed by atoms with Crippen molar-refractivity contribution in [2.75, 3.05) is 11.4 Å². The molecule has 0 spiro atoms. The zero-order valence-electron chi connectivity index (χ0n) is 32.2. The molecule has 0 saturated carbocycles. The van der Waals surface area contributed by atoms with Crippen LogP contribution in [0.2, 0.25) is 0 Å². The van der Waals surface area contributed by atoms with Gasteiger partial charge in [-0.2, -0.15) is 0 Å². The molecule has 0 amide bonds. The summed E-state index contributed by atoms with van der Waals surface area (Å²) in [5.41, 5.74) is 19.4. The van der Waals surface area contributed by atoms with E-state index >= 15 is 0 Å². The Hall–Kier alpha value is -7.08. The van der Waals surface area contributed by atoms with Crippen molar-refractivity contribution in [3.63, 3.8) is 0 Å². The van der Waals surface area contributed by atoms with Gasteiger partial charge in [0, 0.05) is 57.1 Å². The SMILES string of the molecule is N/C=C\C1=CC(c2ccc3ccccc3c2)CNC(c2cc(-n3c4c(c5ccccc53)CCC=C4)cc(-n3c4ccccc4c4ccccc43)c2)N1c1ccccc1. The predicted octanol–water partition coefficient (Wildman–Crippen LogP) is 12.1. The minimum absolute atomic E-state index is 0.0950. The number of benzene rings is 7. The molecule has 280 valence electrons. The summed E-state index contributed by atoms with van der Waals surface area (Å²) in [7, 11) is 0. The van der Waals surface area contributed by atoms with Gasteiger partial charge in [-0.25, -0.2) is 0 Å². The van der Waals surface area contributed by atoms with E-state index < -0.39 is 0 Å². The summed E-state index contributed by atoms with van der Waals surface area (Å²) < 4.78 is 4.93. The van der Waals surface area contributed by atoms with Crippen LogP contribution in [0.25, 0.3) is 60.9 Å². The monoisotopic (exact) mass is 749 g/mol. The molecule has 0 fully saturated rings. The highest BCUT2D eigenvalue weighted by molar-refractivity contribution is 6.09. The molecule has 9 aromatic rings. The number of fused-ring (bicyclic) bond motifs is 7. The molecule has 11 rings (SSSR count). The van der Waals surface area contributed by atoms with Crippen molar-refractivity contribution in [3.05, 3.63) is 216 Å². The quantitative estimate of drug-likeness (QED) is 0.178. The van der Waals surface area contributed by atoms with Crippen LogP contribution in [0.3, 0.4) is 0 Å². The smallest absolute Gasteiger partial charge is 0.111 e. The highest BCUT2D eigenvalue weighted by Gasteiger charge is 2.30. The second-order valence-electron chi connectivity index (χ2n) is 15.5. The summed E-state index contributed by atoms with van der Waals surface area (Å²) in [4.78, 5) is 2.42. The van der Waals surface area contributed by atoms with Gasteiger partial charge in [0.05, 0.1) is 16.6 Å². The van der Waals surface area contributed by atoms with Crippen molar-refractivity contribution >= 4 is 55.2 Å². The van der Waals surface area contributed by atoms with Gasteiger partial charge in [0.25, 0.3) is 0 Å². The van der Waals surface area contributed by atoms with Crippen molar-refractivity contribution in [3.8, 4) is 11.4 Å². The minimum atomic E-state index is -0.240. The van der Waals surface area contributed by atoms with Crippen molar-refractivity contribution in [1.29, 1.82) is 0 Å². The Morgan fingerprint density at radius 1 is 0.569 bits per heavy atom. The predicted molar refractivity (Wildman–Crippen MR) is 243 cm³/mol. The van der Waals surface area contributed by atoms with Crippen molar-refractivity contribution in [1.82, 2.24) is 14.5 Å². The molecule has 3 N–H and O–H groups in total. The highest BCUT2D eigenvalue weighted by atomic mass is 15.3. The molecule has 7 aromatic carbocycles. The number of aromatic nitrogens is 2. The van der Waals surface area contributed by atoms with Crippen LogP contribution < -0.4 is 16.0 Å². The topological polar surface area (TPSA) is 51.1 Å². The number of aryl methyl sites for hydroxylation is 1. The van der Waals surface area contributed by atoms with Crippen molar-refractivity contribution in [2.45, 2.75) is 24.9 Å². The number of hydrogen-bond donors (Lipinski definition) is 2. The molecular weight excluding hydrogens is 707 g/mol. The lowest BCUT2D eigenvalue weighted by molar-refractivity contribution is 0.534. The van der Waals surface area contributed by atoms with Gasteiger partial charge in [0.15, 0.2) is 0 Å². The fourth-order valence-corrected chi connectivity index (χ4v) is 9.56. The molecule has 2 atom stereocenters. The second kappa shape index (κ2) is 14.1. The maximum absolute atomic E-state index is 6.31. The fraction of sp³-hybridized carbons (Fsp3) is 0.0943. The summed E-state index contributed by atoms with van der Waals surface area (Å²) >= 11 is 0. The molecule has 0 bridgehead atoms. The lowest BCUT2D eigenvalue weighted by Gasteiger charge is -2.34. The van der Waals surface area contributed by atoms with Crippen LogP contribution in [-0.4, -0.2) is 15.7 Å². The van der Waals surface area contributed by atoms with E-state index in [9.17, 15) is 0 Å². The maximum Gasteiger partial charge on any atom is 0.111 e. The molecule has 2 aliphatic rings. The molecule has 2 unspecified atom stereocenters. The van der Waals surface area contributed by atoms with Crippen molar-refractivity contribution in [2.24, 2.45) is 5.73 Å². The lowest BCUT2D eigenvalue weighted by atomic mass is 9.95. The van der Waals surface area contributed by atoms with Crippen LogP contribution in [0.1, 0.15) is 40.9 Å². The van der Waals surface area contributed by atoms with Gasteiger partial charge in [0.1, 0.15) is 6.17 Å². The number of rotatable bonds is 6. The van der Waals surface area contributed by atoms with Crippen LogP contribution in [-0.2, 0) is 6.42 Å². The average Bonchev–Trinajstić information content (AvgIpc) is 3.72. The van der Waals surface area contributed by atoms with E-state index in [0.717, 1.165) is 47.7 Å². The van der Waals surface area contributed by atoms with Crippen LogP contribution in [0.5, 0.6) is 0 Å². The molecule has 1 aliphatic carbocycles. The van der Waals surface area contributed by atoms with Crippen LogP contribution in [0.15, 0.2) is 194 Å². The Balaban J connectivity index is 1.17. The first-order valence-electron chi connectivity index (χ1n) is 20.3. The normalized spacial score (nSPS) is 17.0. The summed E-state index contributed by atoms with van der Waals surface area (Å²) in [6.07, 6.45) is 12.6. The van der Waals surface area contributed by atoms with Gasteiger partial charge >= 0.3 is 0 Å². The molecule has 2 aromatic heterocycles. The summed E-state index contributed by atoms with van der Waals surface area (Å²) in [6.45, 7) is 0.730. The van der Waals surface area contributed by atoms with Gasteiger partial charge in [-0.05, 0) is 107 Å². The van der Waals surface area contributed by atoms with Gasteiger partial charge < -0.3 is 19.8 Å². The van der Waals surface area contributed by atoms with Crippen LogP contribution >= 0.6 is 0 Å². The molecule has 0 saturated heterocycles. The molecule has 0 radical (unpaired) electrons. The largest absolute Gasteiger partial charge is 0.405 e. The van der Waals surface area contributed by atoms with E-state index in [1.807, 2.05) is 0 Å². The number of nitrogens with two attached hydrogens (primary N) is 1. The van der Waals surface area contributed by atoms with Gasteiger partial charge in [-0.3, -0.25) is 5.32 Å². The molecule has 5 nitrogen and oxygen atoms in total. The first kappa shape index (κ1) is 34.2. The Bertz CT molecular complexity index is 3050. The van der Waals surface area contributed by atoms with E-state index in [2.05, 4.69) is 207 Å². The number of anilines is 1. The number of nitrogens with zero attached hydrogens (tertiary/aromatic N) is 3. The Morgan fingerprint density at radius 2 is 1.21 bits per heavy atom. The number of allylic oxidation sites excluding steroid dienone is 2. The Labute approximate surface area is 338 Å². The van der Waals surface area contributed by atoms with Gasteiger partial charge in [-0.15, -0.1) is 0 Å². The fourth-order valence-electron chi connectivity index (χ4n) is 9.56. The average molecular weight is 750 g/mol. The molecule has 58 heavy (non-hydrogen) atoms. The summed E-state index contributed by atoms with van der Waals surface area (Å²) in [6, 6.07) is 59.8. The Morgan fingerprint density at radius 3 is 1.95 bits per heavy atom. The number of hydrogen-bond acceptors (Lipinski definition) is 3. The zero-order valence-corrected chi connectivity index (χ0v) is 32.2. The third-order valence-corrected chi connectivity index (χ3v) is 12.1. The first-order chi connectivity index (χ1) is 28.7. The minimum Gasteiger partial charge on any atom is -0.405 e. The van der Waals surface area contributed by atoms with Gasteiger partial charge in [0.2, 0.25) is 0 Å². The van der Waals surface area contributed by atoms with Crippen LogP contribution in [0, 0.1) is 0 Å². The molecule has 3 heterocycles. The second-order valence-corrected chi connectivity index (χ2v) is 15.5. The zero-order chi connectivity index (χ0) is 38.6. The highest BCUT2D eigenvalue weighted by Crippen LogP contribution is 2.41.